The van der Waals surface area contributed by atoms with E-state index < -0.39 is 0 Å². The van der Waals surface area contributed by atoms with E-state index in [9.17, 15) is 4.79 Å². The zero-order valence-electron chi connectivity index (χ0n) is 13.7. The smallest absolute Gasteiger partial charge is 0.314 e. The summed E-state index contributed by atoms with van der Waals surface area (Å²) in [6.07, 6.45) is 15.4. The summed E-state index contributed by atoms with van der Waals surface area (Å²) in [6.45, 7) is 4.00. The molecule has 0 aromatic carbocycles. The molecule has 4 heteroatoms. The Morgan fingerprint density at radius 2 is 1.43 bits per heavy atom. The van der Waals surface area contributed by atoms with Crippen molar-refractivity contribution in [2.75, 3.05) is 19.7 Å². The van der Waals surface area contributed by atoms with E-state index in [2.05, 4.69) is 29.7 Å². The van der Waals surface area contributed by atoms with Crippen molar-refractivity contribution in [2.24, 2.45) is 0 Å². The van der Waals surface area contributed by atoms with Crippen LogP contribution in [0.15, 0.2) is 12.2 Å². The van der Waals surface area contributed by atoms with Gasteiger partial charge in [-0.2, -0.15) is 0 Å². The average Bonchev–Trinajstić information content (AvgIpc) is 2.49. The highest BCUT2D eigenvalue weighted by Gasteiger charge is 1.97. The summed E-state index contributed by atoms with van der Waals surface area (Å²) < 4.78 is 0. The van der Waals surface area contributed by atoms with Gasteiger partial charge in [-0.05, 0) is 44.9 Å². The van der Waals surface area contributed by atoms with E-state index in [-0.39, 0.29) is 6.03 Å². The Hall–Kier alpha value is -1.03. The average molecular weight is 298 g/mol. The highest BCUT2D eigenvalue weighted by Crippen LogP contribution is 2.02. The fourth-order valence-electron chi connectivity index (χ4n) is 2.01. The molecule has 0 spiro atoms. The van der Waals surface area contributed by atoms with E-state index in [1.165, 1.54) is 12.8 Å². The van der Waals surface area contributed by atoms with E-state index >= 15 is 0 Å². The van der Waals surface area contributed by atoms with Gasteiger partial charge < -0.3 is 15.7 Å². The van der Waals surface area contributed by atoms with Gasteiger partial charge in [-0.1, -0.05) is 38.3 Å². The van der Waals surface area contributed by atoms with Gasteiger partial charge in [-0.3, -0.25) is 0 Å². The molecule has 21 heavy (non-hydrogen) atoms. The Bertz CT molecular complexity index is 255. The number of urea groups is 1. The van der Waals surface area contributed by atoms with Gasteiger partial charge in [-0.15, -0.1) is 0 Å². The first kappa shape index (κ1) is 20.0. The Labute approximate surface area is 130 Å². The highest BCUT2D eigenvalue weighted by molar-refractivity contribution is 5.73. The van der Waals surface area contributed by atoms with Crippen LogP contribution in [0.5, 0.6) is 0 Å². The number of aliphatic hydroxyl groups excluding tert-OH is 1. The molecule has 124 valence electrons. The second kappa shape index (κ2) is 17.0. The van der Waals surface area contributed by atoms with Gasteiger partial charge in [0.05, 0.1) is 0 Å². The molecule has 0 atom stereocenters. The highest BCUT2D eigenvalue weighted by atomic mass is 16.2. The van der Waals surface area contributed by atoms with Gasteiger partial charge in [0, 0.05) is 19.7 Å². The number of unbranched alkanes of at least 4 members (excludes halogenated alkanes) is 7. The summed E-state index contributed by atoms with van der Waals surface area (Å²) in [5.41, 5.74) is 0. The number of aliphatic hydroxyl groups is 1. The molecule has 0 aromatic heterocycles. The van der Waals surface area contributed by atoms with Crippen molar-refractivity contribution < 1.29 is 9.90 Å². The maximum Gasteiger partial charge on any atom is 0.314 e. The fourth-order valence-corrected chi connectivity index (χ4v) is 2.01. The second-order valence-corrected chi connectivity index (χ2v) is 5.43. The number of allylic oxidation sites excluding steroid dienone is 2. The third-order valence-corrected chi connectivity index (χ3v) is 3.34. The fraction of sp³-hybridized carbons (Fsp3) is 0.824. The zero-order chi connectivity index (χ0) is 15.6. The monoisotopic (exact) mass is 298 g/mol. The second-order valence-electron chi connectivity index (χ2n) is 5.43. The topological polar surface area (TPSA) is 61.4 Å². The van der Waals surface area contributed by atoms with Crippen LogP contribution in [0.3, 0.4) is 0 Å². The predicted octanol–water partition coefficient (Wildman–Crippen LogP) is 3.76. The first-order chi connectivity index (χ1) is 10.3. The molecule has 0 aliphatic rings. The third-order valence-electron chi connectivity index (χ3n) is 3.34. The molecule has 0 unspecified atom stereocenters. The molecular formula is C17H34N2O2. The Morgan fingerprint density at radius 1 is 0.857 bits per heavy atom. The quantitative estimate of drug-likeness (QED) is 0.338. The van der Waals surface area contributed by atoms with Crippen molar-refractivity contribution >= 4 is 6.03 Å². The summed E-state index contributed by atoms with van der Waals surface area (Å²) in [6, 6.07) is -0.0365. The lowest BCUT2D eigenvalue weighted by atomic mass is 10.1. The number of rotatable bonds is 14. The van der Waals surface area contributed by atoms with Gasteiger partial charge in [0.2, 0.25) is 0 Å². The maximum absolute atomic E-state index is 11.4. The van der Waals surface area contributed by atoms with Crippen molar-refractivity contribution in [1.82, 2.24) is 10.6 Å². The lowest BCUT2D eigenvalue weighted by Gasteiger charge is -2.06. The Balaban J connectivity index is 3.20. The SMILES string of the molecule is CCCCCNC(=O)NCCCC/C=C\CCCCCO. The summed E-state index contributed by atoms with van der Waals surface area (Å²) >= 11 is 0. The van der Waals surface area contributed by atoms with E-state index in [1.54, 1.807) is 0 Å². The Kier molecular flexibility index (Phi) is 16.2. The molecule has 0 saturated heterocycles. The molecule has 0 aromatic rings. The minimum Gasteiger partial charge on any atom is -0.396 e. The van der Waals surface area contributed by atoms with E-state index in [1.807, 2.05) is 0 Å². The summed E-state index contributed by atoms with van der Waals surface area (Å²) in [7, 11) is 0. The van der Waals surface area contributed by atoms with Gasteiger partial charge in [0.25, 0.3) is 0 Å². The molecule has 0 radical (unpaired) electrons. The summed E-state index contributed by atoms with van der Waals surface area (Å²) in [5.74, 6) is 0. The van der Waals surface area contributed by atoms with Crippen LogP contribution in [0, 0.1) is 0 Å². The number of nitrogens with one attached hydrogen (secondary N) is 2. The number of carbonyl (C=O) groups is 1. The first-order valence-electron chi connectivity index (χ1n) is 8.58. The van der Waals surface area contributed by atoms with Crippen molar-refractivity contribution in [1.29, 1.82) is 0 Å². The number of carbonyl (C=O) groups excluding carboxylic acids is 1. The molecule has 0 aliphatic heterocycles. The van der Waals surface area contributed by atoms with Crippen LogP contribution in [-0.4, -0.2) is 30.8 Å². The van der Waals surface area contributed by atoms with Crippen molar-refractivity contribution in [3.8, 4) is 0 Å². The molecule has 0 aliphatic carbocycles. The molecule has 3 N–H and O–H groups in total. The molecule has 0 fully saturated rings. The summed E-state index contributed by atoms with van der Waals surface area (Å²) in [4.78, 5) is 11.4. The van der Waals surface area contributed by atoms with Crippen LogP contribution in [0.1, 0.15) is 71.1 Å². The van der Waals surface area contributed by atoms with Crippen LogP contribution < -0.4 is 10.6 Å². The molecule has 0 heterocycles. The lowest BCUT2D eigenvalue weighted by Crippen LogP contribution is -2.36. The van der Waals surface area contributed by atoms with Gasteiger partial charge >= 0.3 is 6.03 Å². The minimum absolute atomic E-state index is 0.0365. The number of hydrogen-bond donors (Lipinski definition) is 3. The van der Waals surface area contributed by atoms with Gasteiger partial charge in [-0.25, -0.2) is 4.79 Å². The van der Waals surface area contributed by atoms with Gasteiger partial charge in [0.1, 0.15) is 0 Å². The largest absolute Gasteiger partial charge is 0.396 e. The van der Waals surface area contributed by atoms with Crippen LogP contribution in [0.4, 0.5) is 4.79 Å². The normalized spacial score (nSPS) is 11.0. The van der Waals surface area contributed by atoms with Crippen molar-refractivity contribution in [3.05, 3.63) is 12.2 Å². The first-order valence-corrected chi connectivity index (χ1v) is 8.58. The van der Waals surface area contributed by atoms with E-state index in [4.69, 9.17) is 5.11 Å². The minimum atomic E-state index is -0.0365. The molecule has 2 amide bonds. The van der Waals surface area contributed by atoms with Gasteiger partial charge in [0.15, 0.2) is 0 Å². The number of hydrogen-bond acceptors (Lipinski definition) is 2. The molecular weight excluding hydrogens is 264 g/mol. The van der Waals surface area contributed by atoms with Crippen LogP contribution in [0.25, 0.3) is 0 Å². The van der Waals surface area contributed by atoms with Crippen LogP contribution >= 0.6 is 0 Å². The molecule has 0 rings (SSSR count). The number of amides is 2. The predicted molar refractivity (Wildman–Crippen MR) is 89.5 cm³/mol. The molecule has 0 bridgehead atoms. The van der Waals surface area contributed by atoms with Crippen molar-refractivity contribution in [2.45, 2.75) is 71.1 Å². The van der Waals surface area contributed by atoms with Crippen molar-refractivity contribution in [3.63, 3.8) is 0 Å². The molecule has 4 nitrogen and oxygen atoms in total. The standard InChI is InChI=1S/C17H34N2O2/c1-2-3-11-14-18-17(21)19-15-12-9-7-5-4-6-8-10-13-16-20/h4-5,20H,2-3,6-16H2,1H3,(H2,18,19,21)/b5-4-. The maximum atomic E-state index is 11.4. The lowest BCUT2D eigenvalue weighted by molar-refractivity contribution is 0.240. The third kappa shape index (κ3) is 16.9. The zero-order valence-corrected chi connectivity index (χ0v) is 13.7. The molecule has 0 saturated carbocycles. The van der Waals surface area contributed by atoms with Crippen LogP contribution in [-0.2, 0) is 0 Å². The van der Waals surface area contributed by atoms with Crippen LogP contribution in [0.2, 0.25) is 0 Å². The Morgan fingerprint density at radius 3 is 2.00 bits per heavy atom. The van der Waals surface area contributed by atoms with E-state index in [0.29, 0.717) is 6.61 Å². The summed E-state index contributed by atoms with van der Waals surface area (Å²) in [5, 5.41) is 14.4. The van der Waals surface area contributed by atoms with E-state index in [0.717, 1.165) is 64.5 Å².